The molecule has 0 radical (unpaired) electrons. The number of benzene rings is 1. The van der Waals surface area contributed by atoms with Crippen molar-refractivity contribution < 1.29 is 9.59 Å². The second-order valence-electron chi connectivity index (χ2n) is 5.62. The number of amides is 2. The summed E-state index contributed by atoms with van der Waals surface area (Å²) in [7, 11) is 0. The van der Waals surface area contributed by atoms with Crippen LogP contribution in [-0.2, 0) is 16.1 Å². The van der Waals surface area contributed by atoms with Crippen molar-refractivity contribution in [2.24, 2.45) is 0 Å². The summed E-state index contributed by atoms with van der Waals surface area (Å²) in [4.78, 5) is 26.2. The fraction of sp³-hybridized carbons (Fsp3) is 0.529. The highest BCUT2D eigenvalue weighted by atomic mass is 35.5. The fourth-order valence-electron chi connectivity index (χ4n) is 2.09. The van der Waals surface area contributed by atoms with E-state index < -0.39 is 6.04 Å². The average Bonchev–Trinajstić information content (AvgIpc) is 2.54. The second kappa shape index (κ2) is 9.14. The zero-order chi connectivity index (χ0) is 17.6. The molecule has 2 amide bonds. The SMILES string of the molecule is CCC(=O)N(Cc1ccc(Cl)c(Cl)c1)[C@@H](C)C(=O)N[C@H](C)CC. The maximum Gasteiger partial charge on any atom is 0.242 e. The van der Waals surface area contributed by atoms with Crippen molar-refractivity contribution in [3.8, 4) is 0 Å². The molecule has 0 saturated heterocycles. The van der Waals surface area contributed by atoms with Gasteiger partial charge in [-0.05, 0) is 38.0 Å². The van der Waals surface area contributed by atoms with Crippen molar-refractivity contribution in [2.45, 2.75) is 59.2 Å². The van der Waals surface area contributed by atoms with Gasteiger partial charge in [0.1, 0.15) is 6.04 Å². The predicted molar refractivity (Wildman–Crippen MR) is 94.7 cm³/mol. The Morgan fingerprint density at radius 1 is 1.17 bits per heavy atom. The molecule has 0 heterocycles. The van der Waals surface area contributed by atoms with Gasteiger partial charge >= 0.3 is 0 Å². The van der Waals surface area contributed by atoms with E-state index in [0.717, 1.165) is 12.0 Å². The minimum absolute atomic E-state index is 0.0773. The highest BCUT2D eigenvalue weighted by molar-refractivity contribution is 6.42. The first-order chi connectivity index (χ1) is 10.8. The second-order valence-corrected chi connectivity index (χ2v) is 6.43. The predicted octanol–water partition coefficient (Wildman–Crippen LogP) is 4.04. The molecule has 1 N–H and O–H groups in total. The van der Waals surface area contributed by atoms with Crippen LogP contribution in [0.25, 0.3) is 0 Å². The lowest BCUT2D eigenvalue weighted by molar-refractivity contribution is -0.140. The minimum atomic E-state index is -0.550. The van der Waals surface area contributed by atoms with Gasteiger partial charge in [0.15, 0.2) is 0 Å². The minimum Gasteiger partial charge on any atom is -0.352 e. The van der Waals surface area contributed by atoms with Crippen LogP contribution >= 0.6 is 23.2 Å². The van der Waals surface area contributed by atoms with E-state index in [-0.39, 0.29) is 17.9 Å². The summed E-state index contributed by atoms with van der Waals surface area (Å²) in [6.45, 7) is 7.78. The highest BCUT2D eigenvalue weighted by Crippen LogP contribution is 2.23. The van der Waals surface area contributed by atoms with E-state index in [4.69, 9.17) is 23.2 Å². The standard InChI is InChI=1S/C17H24Cl2N2O2/c1-5-11(3)20-17(23)12(4)21(16(22)6-2)10-13-7-8-14(18)15(19)9-13/h7-9,11-12H,5-6,10H2,1-4H3,(H,20,23)/t11-,12+/m1/s1. The lowest BCUT2D eigenvalue weighted by Gasteiger charge is -2.29. The van der Waals surface area contributed by atoms with Crippen molar-refractivity contribution in [2.75, 3.05) is 0 Å². The lowest BCUT2D eigenvalue weighted by atomic mass is 10.1. The van der Waals surface area contributed by atoms with Gasteiger partial charge in [0.05, 0.1) is 10.0 Å². The van der Waals surface area contributed by atoms with Crippen LogP contribution in [0.15, 0.2) is 18.2 Å². The van der Waals surface area contributed by atoms with Crippen LogP contribution in [0.3, 0.4) is 0 Å². The molecular weight excluding hydrogens is 335 g/mol. The molecule has 23 heavy (non-hydrogen) atoms. The first-order valence-corrected chi connectivity index (χ1v) is 8.59. The summed E-state index contributed by atoms with van der Waals surface area (Å²) in [5.74, 6) is -0.232. The summed E-state index contributed by atoms with van der Waals surface area (Å²) < 4.78 is 0. The number of hydrogen-bond acceptors (Lipinski definition) is 2. The summed E-state index contributed by atoms with van der Waals surface area (Å²) >= 11 is 11.9. The molecule has 1 aromatic carbocycles. The van der Waals surface area contributed by atoms with E-state index in [0.29, 0.717) is 23.0 Å². The van der Waals surface area contributed by atoms with Crippen molar-refractivity contribution in [1.82, 2.24) is 10.2 Å². The lowest BCUT2D eigenvalue weighted by Crippen LogP contribution is -2.49. The Balaban J connectivity index is 2.93. The van der Waals surface area contributed by atoms with Crippen LogP contribution in [0.5, 0.6) is 0 Å². The summed E-state index contributed by atoms with van der Waals surface area (Å²) in [5, 5.41) is 3.81. The quantitative estimate of drug-likeness (QED) is 0.799. The molecule has 0 bridgehead atoms. The average molecular weight is 359 g/mol. The Hall–Kier alpha value is -1.26. The van der Waals surface area contributed by atoms with Crippen molar-refractivity contribution in [3.63, 3.8) is 0 Å². The van der Waals surface area contributed by atoms with Gasteiger partial charge in [-0.2, -0.15) is 0 Å². The van der Waals surface area contributed by atoms with Gasteiger partial charge in [-0.1, -0.05) is 43.1 Å². The normalized spacial score (nSPS) is 13.3. The van der Waals surface area contributed by atoms with Crippen LogP contribution in [0.2, 0.25) is 10.0 Å². The van der Waals surface area contributed by atoms with Gasteiger partial charge in [-0.25, -0.2) is 0 Å². The zero-order valence-electron chi connectivity index (χ0n) is 14.0. The summed E-state index contributed by atoms with van der Waals surface area (Å²) in [5.41, 5.74) is 0.837. The molecule has 0 unspecified atom stereocenters. The van der Waals surface area contributed by atoms with Gasteiger partial charge in [0.25, 0.3) is 0 Å². The number of rotatable bonds is 7. The Labute approximate surface area is 148 Å². The molecule has 0 aliphatic rings. The monoisotopic (exact) mass is 358 g/mol. The Bertz CT molecular complexity index is 564. The topological polar surface area (TPSA) is 49.4 Å². The van der Waals surface area contributed by atoms with Gasteiger partial charge in [-0.3, -0.25) is 9.59 Å². The van der Waals surface area contributed by atoms with E-state index in [1.165, 1.54) is 0 Å². The highest BCUT2D eigenvalue weighted by Gasteiger charge is 2.25. The molecule has 2 atom stereocenters. The number of carbonyl (C=O) groups is 2. The van der Waals surface area contributed by atoms with Crippen molar-refractivity contribution >= 4 is 35.0 Å². The molecular formula is C17H24Cl2N2O2. The molecule has 4 nitrogen and oxygen atoms in total. The first kappa shape index (κ1) is 19.8. The number of halogens is 2. The van der Waals surface area contributed by atoms with E-state index in [1.54, 1.807) is 30.9 Å². The molecule has 0 spiro atoms. The number of nitrogens with zero attached hydrogens (tertiary/aromatic N) is 1. The molecule has 0 aliphatic heterocycles. The summed E-state index contributed by atoms with van der Waals surface area (Å²) in [6.07, 6.45) is 1.18. The Morgan fingerprint density at radius 2 is 1.83 bits per heavy atom. The molecule has 0 aliphatic carbocycles. The van der Waals surface area contributed by atoms with Gasteiger partial charge in [0, 0.05) is 19.0 Å². The van der Waals surface area contributed by atoms with Gasteiger partial charge in [-0.15, -0.1) is 0 Å². The van der Waals surface area contributed by atoms with E-state index >= 15 is 0 Å². The van der Waals surface area contributed by atoms with Gasteiger partial charge in [0.2, 0.25) is 11.8 Å². The maximum absolute atomic E-state index is 12.3. The third-order valence-corrected chi connectivity index (χ3v) is 4.55. The third kappa shape index (κ3) is 5.70. The molecule has 1 rings (SSSR count). The molecule has 0 saturated carbocycles. The molecule has 1 aromatic rings. The van der Waals surface area contributed by atoms with Crippen molar-refractivity contribution in [1.29, 1.82) is 0 Å². The van der Waals surface area contributed by atoms with E-state index in [2.05, 4.69) is 5.32 Å². The molecule has 0 aromatic heterocycles. The van der Waals surface area contributed by atoms with Gasteiger partial charge < -0.3 is 10.2 Å². The molecule has 6 heteroatoms. The number of nitrogens with one attached hydrogen (secondary N) is 1. The Kier molecular flexibility index (Phi) is 7.86. The third-order valence-electron chi connectivity index (χ3n) is 3.81. The van der Waals surface area contributed by atoms with E-state index in [1.807, 2.05) is 19.9 Å². The fourth-order valence-corrected chi connectivity index (χ4v) is 2.41. The number of hydrogen-bond donors (Lipinski definition) is 1. The molecule has 0 fully saturated rings. The zero-order valence-corrected chi connectivity index (χ0v) is 15.5. The van der Waals surface area contributed by atoms with Crippen LogP contribution in [-0.4, -0.2) is 28.8 Å². The number of carbonyl (C=O) groups excluding carboxylic acids is 2. The van der Waals surface area contributed by atoms with Crippen LogP contribution in [0, 0.1) is 0 Å². The maximum atomic E-state index is 12.3. The van der Waals surface area contributed by atoms with E-state index in [9.17, 15) is 9.59 Å². The van der Waals surface area contributed by atoms with Crippen LogP contribution in [0.4, 0.5) is 0 Å². The summed E-state index contributed by atoms with van der Waals surface area (Å²) in [6, 6.07) is 4.75. The first-order valence-electron chi connectivity index (χ1n) is 7.83. The van der Waals surface area contributed by atoms with Crippen LogP contribution < -0.4 is 5.32 Å². The largest absolute Gasteiger partial charge is 0.352 e. The molecule has 128 valence electrons. The van der Waals surface area contributed by atoms with Crippen LogP contribution in [0.1, 0.15) is 46.1 Å². The smallest absolute Gasteiger partial charge is 0.242 e. The van der Waals surface area contributed by atoms with Crippen molar-refractivity contribution in [3.05, 3.63) is 33.8 Å². The Morgan fingerprint density at radius 3 is 2.35 bits per heavy atom.